The minimum Gasteiger partial charge on any atom is -0.771 e. The van der Waals surface area contributed by atoms with Gasteiger partial charge in [0, 0.05) is 16.8 Å². The molecule has 0 radical (unpaired) electrons. The first-order valence-corrected chi connectivity index (χ1v) is 12.5. The first-order chi connectivity index (χ1) is 15.2. The molecule has 0 fully saturated rings. The van der Waals surface area contributed by atoms with E-state index in [0.717, 1.165) is 12.0 Å². The van der Waals surface area contributed by atoms with Crippen molar-refractivity contribution in [2.75, 3.05) is 11.2 Å². The third-order valence-electron chi connectivity index (χ3n) is 4.91. The second-order valence-corrected chi connectivity index (χ2v) is 9.49. The molecule has 1 heterocycles. The fourth-order valence-corrected chi connectivity index (χ4v) is 5.33. The minimum absolute atomic E-state index is 0.171. The zero-order valence-electron chi connectivity index (χ0n) is 17.5. The molecule has 1 aromatic heterocycles. The summed E-state index contributed by atoms with van der Waals surface area (Å²) < 4.78 is 55.9. The first-order valence-electron chi connectivity index (χ1n) is 9.81. The van der Waals surface area contributed by atoms with E-state index < -0.39 is 39.6 Å². The molecule has 0 spiro atoms. The number of aryl methyl sites for hydroxylation is 1. The Morgan fingerprint density at radius 1 is 1.22 bits per heavy atom. The second-order valence-electron chi connectivity index (χ2n) is 7.11. The van der Waals surface area contributed by atoms with E-state index >= 15 is 0 Å². The third kappa shape index (κ3) is 4.95. The van der Waals surface area contributed by atoms with Gasteiger partial charge in [0.15, 0.2) is 0 Å². The van der Waals surface area contributed by atoms with E-state index in [1.807, 2.05) is 6.92 Å². The number of nitrogens with one attached hydrogen (secondary N) is 1. The molecule has 11 heteroatoms. The fourth-order valence-electron chi connectivity index (χ4n) is 3.64. The highest BCUT2D eigenvalue weighted by molar-refractivity contribution is 7.87. The van der Waals surface area contributed by atoms with E-state index in [0.29, 0.717) is 11.9 Å². The summed E-state index contributed by atoms with van der Waals surface area (Å²) in [4.78, 5) is 11.2. The molecule has 2 aromatic carbocycles. The van der Waals surface area contributed by atoms with Gasteiger partial charge in [-0.15, -0.1) is 0 Å². The zero-order valence-corrected chi connectivity index (χ0v) is 19.2. The molecule has 32 heavy (non-hydrogen) atoms. The molecular weight excluding hydrogens is 456 g/mol. The van der Waals surface area contributed by atoms with Crippen LogP contribution in [0.4, 0.5) is 5.69 Å². The van der Waals surface area contributed by atoms with E-state index in [4.69, 9.17) is 4.18 Å². The molecule has 3 aromatic rings. The average molecular weight is 480 g/mol. The number of carboxylic acid groups (broad SMARTS) is 1. The molecule has 9 nitrogen and oxygen atoms in total. The summed E-state index contributed by atoms with van der Waals surface area (Å²) in [6.45, 7) is 2.99. The van der Waals surface area contributed by atoms with E-state index in [1.54, 1.807) is 36.4 Å². The number of carboxylic acids is 1. The Labute approximate surface area is 188 Å². The van der Waals surface area contributed by atoms with E-state index in [-0.39, 0.29) is 27.4 Å². The number of para-hydroxylation sites is 1. The van der Waals surface area contributed by atoms with Gasteiger partial charge in [0.1, 0.15) is 17.2 Å². The van der Waals surface area contributed by atoms with Crippen molar-refractivity contribution in [3.05, 3.63) is 53.7 Å². The zero-order chi connectivity index (χ0) is 23.5. The summed E-state index contributed by atoms with van der Waals surface area (Å²) in [5.41, 5.74) is 1.47. The Morgan fingerprint density at radius 2 is 1.94 bits per heavy atom. The van der Waals surface area contributed by atoms with Crippen LogP contribution < -0.4 is 9.50 Å². The van der Waals surface area contributed by atoms with Crippen LogP contribution in [-0.4, -0.2) is 38.7 Å². The molecule has 3 rings (SSSR count). The van der Waals surface area contributed by atoms with Crippen molar-refractivity contribution in [1.82, 2.24) is 4.57 Å². The summed E-state index contributed by atoms with van der Waals surface area (Å²) in [6.07, 6.45) is 1.41. The highest BCUT2D eigenvalue weighted by Gasteiger charge is 2.30. The monoisotopic (exact) mass is 479 g/mol. The SMILES string of the molecule is CCCc1ccccc1OS(=O)(=O)c1c(C)n(CC(=O)O)c2cccc(NCS(=O)[O-])c12. The van der Waals surface area contributed by atoms with Crippen molar-refractivity contribution in [2.24, 2.45) is 0 Å². The number of aromatic nitrogens is 1. The lowest BCUT2D eigenvalue weighted by Crippen LogP contribution is -2.14. The maximum absolute atomic E-state index is 13.4. The summed E-state index contributed by atoms with van der Waals surface area (Å²) in [7, 11) is -4.40. The molecule has 0 saturated heterocycles. The van der Waals surface area contributed by atoms with Crippen LogP contribution in [0, 0.1) is 6.92 Å². The summed E-state index contributed by atoms with van der Waals surface area (Å²) in [5, 5.41) is 12.2. The number of benzene rings is 2. The molecule has 0 aliphatic heterocycles. The lowest BCUT2D eigenvalue weighted by molar-refractivity contribution is -0.137. The molecular formula is C21H23N2O7S2-. The molecule has 0 amide bonds. The number of carbonyl (C=O) groups is 1. The molecule has 0 saturated carbocycles. The maximum Gasteiger partial charge on any atom is 0.341 e. The smallest absolute Gasteiger partial charge is 0.341 e. The van der Waals surface area contributed by atoms with Gasteiger partial charge in [0.05, 0.1) is 11.4 Å². The number of aliphatic carboxylic acids is 1. The lowest BCUT2D eigenvalue weighted by Gasteiger charge is -2.13. The standard InChI is InChI=1S/C21H24N2O7S2/c1-3-7-15-8-4-5-11-18(15)30-32(28,29)21-14(2)23(12-19(24)25)17-10-6-9-16(20(17)21)22-13-31(26)27/h4-6,8-11,22H,3,7,12-13H2,1-2H3,(H,24,25)(H,26,27)/p-1. The number of rotatable bonds is 10. The van der Waals surface area contributed by atoms with Crippen LogP contribution in [0.25, 0.3) is 10.9 Å². The number of hydrogen-bond acceptors (Lipinski definition) is 7. The Kier molecular flexibility index (Phi) is 7.22. The normalized spacial score (nSPS) is 12.6. The molecule has 0 aliphatic rings. The number of hydrogen-bond donors (Lipinski definition) is 2. The summed E-state index contributed by atoms with van der Waals surface area (Å²) in [5.74, 6) is -1.40. The van der Waals surface area contributed by atoms with Crippen molar-refractivity contribution in [1.29, 1.82) is 0 Å². The van der Waals surface area contributed by atoms with Crippen LogP contribution in [0.3, 0.4) is 0 Å². The molecule has 172 valence electrons. The van der Waals surface area contributed by atoms with Crippen LogP contribution >= 0.6 is 0 Å². The van der Waals surface area contributed by atoms with Crippen LogP contribution in [0.15, 0.2) is 47.4 Å². The highest BCUT2D eigenvalue weighted by Crippen LogP contribution is 2.37. The van der Waals surface area contributed by atoms with Crippen LogP contribution in [0.2, 0.25) is 0 Å². The van der Waals surface area contributed by atoms with Crippen molar-refractivity contribution in [2.45, 2.75) is 38.1 Å². The van der Waals surface area contributed by atoms with Gasteiger partial charge in [0.2, 0.25) is 0 Å². The largest absolute Gasteiger partial charge is 0.771 e. The highest BCUT2D eigenvalue weighted by atomic mass is 32.2. The number of fused-ring (bicyclic) bond motifs is 1. The Hall–Kier alpha value is -2.89. The number of anilines is 1. The van der Waals surface area contributed by atoms with Gasteiger partial charge < -0.3 is 23.7 Å². The van der Waals surface area contributed by atoms with Gasteiger partial charge in [-0.25, -0.2) is 0 Å². The molecule has 1 atom stereocenters. The molecule has 0 bridgehead atoms. The van der Waals surface area contributed by atoms with E-state index in [1.165, 1.54) is 17.6 Å². The Bertz CT molecular complexity index is 1280. The average Bonchev–Trinajstić information content (AvgIpc) is 3.00. The van der Waals surface area contributed by atoms with Crippen molar-refractivity contribution in [3.63, 3.8) is 0 Å². The molecule has 2 N–H and O–H groups in total. The quantitative estimate of drug-likeness (QED) is 0.334. The van der Waals surface area contributed by atoms with Crippen molar-refractivity contribution in [3.8, 4) is 5.75 Å². The summed E-state index contributed by atoms with van der Waals surface area (Å²) >= 11 is -2.42. The Morgan fingerprint density at radius 3 is 2.59 bits per heavy atom. The van der Waals surface area contributed by atoms with Crippen LogP contribution in [-0.2, 0) is 39.0 Å². The predicted molar refractivity (Wildman–Crippen MR) is 120 cm³/mol. The van der Waals surface area contributed by atoms with Crippen molar-refractivity contribution < 1.29 is 31.3 Å². The lowest BCUT2D eigenvalue weighted by atomic mass is 10.1. The first kappa shape index (κ1) is 23.8. The van der Waals surface area contributed by atoms with Crippen LogP contribution in [0.5, 0.6) is 5.75 Å². The maximum atomic E-state index is 13.4. The predicted octanol–water partition coefficient (Wildman–Crippen LogP) is 3.00. The number of nitrogens with zero attached hydrogens (tertiary/aromatic N) is 1. The summed E-state index contributed by atoms with van der Waals surface area (Å²) in [6, 6.07) is 11.5. The Balaban J connectivity index is 2.22. The minimum atomic E-state index is -4.40. The van der Waals surface area contributed by atoms with Crippen LogP contribution in [0.1, 0.15) is 24.6 Å². The van der Waals surface area contributed by atoms with Gasteiger partial charge in [-0.05, 0) is 48.2 Å². The van der Waals surface area contributed by atoms with E-state index in [9.17, 15) is 27.1 Å². The molecule has 1 unspecified atom stereocenters. The molecule has 0 aliphatic carbocycles. The van der Waals surface area contributed by atoms with Gasteiger partial charge in [-0.2, -0.15) is 8.42 Å². The van der Waals surface area contributed by atoms with Gasteiger partial charge >= 0.3 is 16.1 Å². The van der Waals surface area contributed by atoms with E-state index in [2.05, 4.69) is 5.32 Å². The topological polar surface area (TPSA) is 138 Å². The van der Waals surface area contributed by atoms with Gasteiger partial charge in [0.25, 0.3) is 0 Å². The van der Waals surface area contributed by atoms with Crippen molar-refractivity contribution >= 4 is 43.8 Å². The van der Waals surface area contributed by atoms with Gasteiger partial charge in [-0.3, -0.25) is 9.00 Å². The third-order valence-corrected chi connectivity index (χ3v) is 6.69. The second kappa shape index (κ2) is 9.72. The van der Waals surface area contributed by atoms with Gasteiger partial charge in [-0.1, -0.05) is 37.6 Å². The fraction of sp³-hybridized carbons (Fsp3) is 0.286.